The summed E-state index contributed by atoms with van der Waals surface area (Å²) in [6.45, 7) is 7.81. The van der Waals surface area contributed by atoms with E-state index in [0.29, 0.717) is 12.6 Å². The van der Waals surface area contributed by atoms with Crippen LogP contribution in [-0.4, -0.2) is 26.3 Å². The third-order valence-corrected chi connectivity index (χ3v) is 3.41. The van der Waals surface area contributed by atoms with Crippen LogP contribution in [0.4, 0.5) is 5.69 Å². The lowest BCUT2D eigenvalue weighted by atomic mass is 10.1. The van der Waals surface area contributed by atoms with Gasteiger partial charge >= 0.3 is 0 Å². The van der Waals surface area contributed by atoms with Crippen LogP contribution in [0.25, 0.3) is 0 Å². The third kappa shape index (κ3) is 3.61. The minimum atomic E-state index is -0.0435. The molecule has 102 valence electrons. The number of nitrogens with two attached hydrogens (primary N) is 1. The molecule has 0 aliphatic rings. The fraction of sp³-hybridized carbons (Fsp3) is 0.571. The zero-order valence-corrected chi connectivity index (χ0v) is 12.4. The summed E-state index contributed by atoms with van der Waals surface area (Å²) in [7, 11) is 1.72. The number of ether oxygens (including phenoxy) is 1. The maximum absolute atomic E-state index is 6.27. The van der Waals surface area contributed by atoms with Crippen molar-refractivity contribution in [1.82, 2.24) is 0 Å². The molecule has 0 fully saturated rings. The molecule has 0 bridgehead atoms. The molecule has 2 unspecified atom stereocenters. The van der Waals surface area contributed by atoms with Crippen molar-refractivity contribution >= 4 is 17.3 Å². The van der Waals surface area contributed by atoms with Crippen molar-refractivity contribution in [1.29, 1.82) is 0 Å². The lowest BCUT2D eigenvalue weighted by Gasteiger charge is -2.30. The predicted molar refractivity (Wildman–Crippen MR) is 78.4 cm³/mol. The molecule has 0 aliphatic heterocycles. The molecule has 4 heteroatoms. The molecule has 0 radical (unpaired) electrons. The minimum absolute atomic E-state index is 0.0435. The molecule has 1 rings (SSSR count). The average Bonchev–Trinajstić information content (AvgIpc) is 2.29. The topological polar surface area (TPSA) is 38.5 Å². The molecule has 0 aliphatic carbocycles. The van der Waals surface area contributed by atoms with Crippen molar-refractivity contribution < 1.29 is 4.74 Å². The Hall–Kier alpha value is -0.770. The second-order valence-electron chi connectivity index (χ2n) is 4.58. The van der Waals surface area contributed by atoms with Crippen LogP contribution in [0.5, 0.6) is 0 Å². The summed E-state index contributed by atoms with van der Waals surface area (Å²) in [4.78, 5) is 2.26. The van der Waals surface area contributed by atoms with Crippen molar-refractivity contribution in [2.75, 3.05) is 25.2 Å². The van der Waals surface area contributed by atoms with E-state index in [9.17, 15) is 0 Å². The fourth-order valence-corrected chi connectivity index (χ4v) is 2.49. The molecule has 0 amide bonds. The Kier molecular flexibility index (Phi) is 5.93. The second-order valence-corrected chi connectivity index (χ2v) is 4.99. The molecule has 0 aromatic heterocycles. The minimum Gasteiger partial charge on any atom is -0.383 e. The smallest absolute Gasteiger partial charge is 0.0663 e. The third-order valence-electron chi connectivity index (χ3n) is 3.09. The van der Waals surface area contributed by atoms with E-state index in [2.05, 4.69) is 24.8 Å². The molecule has 0 saturated heterocycles. The Morgan fingerprint density at radius 2 is 2.06 bits per heavy atom. The van der Waals surface area contributed by atoms with E-state index < -0.39 is 0 Å². The monoisotopic (exact) mass is 270 g/mol. The first kappa shape index (κ1) is 15.3. The molecular weight excluding hydrogens is 248 g/mol. The van der Waals surface area contributed by atoms with Gasteiger partial charge in [0.25, 0.3) is 0 Å². The summed E-state index contributed by atoms with van der Waals surface area (Å²) in [5.74, 6) is 0. The summed E-state index contributed by atoms with van der Waals surface area (Å²) in [6.07, 6.45) is 0. The van der Waals surface area contributed by atoms with Crippen molar-refractivity contribution in [3.05, 3.63) is 28.8 Å². The van der Waals surface area contributed by atoms with Crippen LogP contribution in [0.2, 0.25) is 5.02 Å². The standard InChI is InChI=1S/C14H23ClN2O/c1-5-17(10(2)9-18-4)12-6-7-13(11(3)16)14(15)8-12/h6-8,10-11H,5,9,16H2,1-4H3. The van der Waals surface area contributed by atoms with E-state index in [-0.39, 0.29) is 6.04 Å². The number of anilines is 1. The van der Waals surface area contributed by atoms with Gasteiger partial charge in [-0.25, -0.2) is 0 Å². The quantitative estimate of drug-likeness (QED) is 0.863. The molecule has 2 atom stereocenters. The molecule has 0 heterocycles. The van der Waals surface area contributed by atoms with Gasteiger partial charge in [0.05, 0.1) is 6.61 Å². The number of halogens is 1. The first-order valence-electron chi connectivity index (χ1n) is 6.31. The Morgan fingerprint density at radius 1 is 1.39 bits per heavy atom. The van der Waals surface area contributed by atoms with Crippen LogP contribution in [0.15, 0.2) is 18.2 Å². The Bertz CT molecular complexity index is 382. The number of methoxy groups -OCH3 is 1. The van der Waals surface area contributed by atoms with Gasteiger partial charge in [0, 0.05) is 36.4 Å². The molecule has 1 aromatic carbocycles. The lowest BCUT2D eigenvalue weighted by molar-refractivity contribution is 0.182. The van der Waals surface area contributed by atoms with Gasteiger partial charge in [0.15, 0.2) is 0 Å². The number of hydrogen-bond donors (Lipinski definition) is 1. The van der Waals surface area contributed by atoms with Crippen molar-refractivity contribution in [2.24, 2.45) is 5.73 Å². The first-order chi connectivity index (χ1) is 8.51. The van der Waals surface area contributed by atoms with E-state index in [1.54, 1.807) is 7.11 Å². The molecule has 1 aromatic rings. The Balaban J connectivity index is 2.97. The van der Waals surface area contributed by atoms with Gasteiger partial charge < -0.3 is 15.4 Å². The van der Waals surface area contributed by atoms with Crippen molar-refractivity contribution in [3.63, 3.8) is 0 Å². The summed E-state index contributed by atoms with van der Waals surface area (Å²) in [6, 6.07) is 6.33. The molecule has 18 heavy (non-hydrogen) atoms. The van der Waals surface area contributed by atoms with Crippen LogP contribution in [-0.2, 0) is 4.74 Å². The number of benzene rings is 1. The number of likely N-dealkylation sites (N-methyl/N-ethyl adjacent to an activating group) is 1. The molecule has 2 N–H and O–H groups in total. The van der Waals surface area contributed by atoms with E-state index in [1.807, 2.05) is 19.1 Å². The van der Waals surface area contributed by atoms with E-state index >= 15 is 0 Å². The highest BCUT2D eigenvalue weighted by atomic mass is 35.5. The highest BCUT2D eigenvalue weighted by Gasteiger charge is 2.14. The maximum atomic E-state index is 6.27. The summed E-state index contributed by atoms with van der Waals surface area (Å²) >= 11 is 6.27. The highest BCUT2D eigenvalue weighted by Crippen LogP contribution is 2.27. The normalized spacial score (nSPS) is 14.3. The van der Waals surface area contributed by atoms with Crippen molar-refractivity contribution in [2.45, 2.75) is 32.9 Å². The zero-order chi connectivity index (χ0) is 13.7. The van der Waals surface area contributed by atoms with Gasteiger partial charge in [-0.3, -0.25) is 0 Å². The van der Waals surface area contributed by atoms with E-state index in [4.69, 9.17) is 22.1 Å². The number of nitrogens with zero attached hydrogens (tertiary/aromatic N) is 1. The van der Waals surface area contributed by atoms with Gasteiger partial charge in [-0.15, -0.1) is 0 Å². The van der Waals surface area contributed by atoms with Gasteiger partial charge in [-0.05, 0) is 38.5 Å². The average molecular weight is 271 g/mol. The van der Waals surface area contributed by atoms with Crippen LogP contribution in [0, 0.1) is 0 Å². The molecular formula is C14H23ClN2O. The van der Waals surface area contributed by atoms with Gasteiger partial charge in [0.2, 0.25) is 0 Å². The largest absolute Gasteiger partial charge is 0.383 e. The van der Waals surface area contributed by atoms with Crippen LogP contribution >= 0.6 is 11.6 Å². The maximum Gasteiger partial charge on any atom is 0.0663 e. The first-order valence-corrected chi connectivity index (χ1v) is 6.69. The lowest BCUT2D eigenvalue weighted by Crippen LogP contribution is -2.36. The summed E-state index contributed by atoms with van der Waals surface area (Å²) < 4.78 is 5.21. The highest BCUT2D eigenvalue weighted by molar-refractivity contribution is 6.31. The number of hydrogen-bond acceptors (Lipinski definition) is 3. The summed E-state index contributed by atoms with van der Waals surface area (Å²) in [5, 5.41) is 0.727. The van der Waals surface area contributed by atoms with Crippen molar-refractivity contribution in [3.8, 4) is 0 Å². The van der Waals surface area contributed by atoms with Crippen LogP contribution < -0.4 is 10.6 Å². The zero-order valence-electron chi connectivity index (χ0n) is 11.6. The molecule has 3 nitrogen and oxygen atoms in total. The summed E-state index contributed by atoms with van der Waals surface area (Å²) in [5.41, 5.74) is 7.95. The van der Waals surface area contributed by atoms with Gasteiger partial charge in [-0.2, -0.15) is 0 Å². The SMILES string of the molecule is CCN(c1ccc(C(C)N)c(Cl)c1)C(C)COC. The van der Waals surface area contributed by atoms with Crippen LogP contribution in [0.3, 0.4) is 0 Å². The fourth-order valence-electron chi connectivity index (χ4n) is 2.14. The van der Waals surface area contributed by atoms with E-state index in [1.165, 1.54) is 0 Å². The molecule has 0 spiro atoms. The predicted octanol–water partition coefficient (Wildman–Crippen LogP) is 3.22. The molecule has 0 saturated carbocycles. The van der Waals surface area contributed by atoms with Crippen LogP contribution in [0.1, 0.15) is 32.4 Å². The Labute approximate surface area is 115 Å². The van der Waals surface area contributed by atoms with Gasteiger partial charge in [0.1, 0.15) is 0 Å². The Morgan fingerprint density at radius 3 is 2.50 bits per heavy atom. The van der Waals surface area contributed by atoms with Gasteiger partial charge in [-0.1, -0.05) is 17.7 Å². The second kappa shape index (κ2) is 6.98. The van der Waals surface area contributed by atoms with E-state index in [0.717, 1.165) is 22.8 Å². The number of rotatable bonds is 6.